The molecule has 1 saturated heterocycles. The molecule has 5 heteroatoms. The van der Waals surface area contributed by atoms with E-state index in [-0.39, 0.29) is 5.91 Å². The van der Waals surface area contributed by atoms with Gasteiger partial charge in [-0.15, -0.1) is 0 Å². The maximum atomic E-state index is 12.4. The smallest absolute Gasteiger partial charge is 0.226 e. The highest BCUT2D eigenvalue weighted by molar-refractivity contribution is 7.99. The molecule has 1 atom stereocenters. The van der Waals surface area contributed by atoms with Gasteiger partial charge in [0, 0.05) is 22.7 Å². The summed E-state index contributed by atoms with van der Waals surface area (Å²) in [6.07, 6.45) is 1.36. The second-order valence-corrected chi connectivity index (χ2v) is 7.94. The first-order valence-corrected chi connectivity index (χ1v) is 8.67. The molecule has 21 heavy (non-hydrogen) atoms. The largest absolute Gasteiger partial charge is 0.387 e. The number of carbonyl (C=O) groups is 1. The highest BCUT2D eigenvalue weighted by Crippen LogP contribution is 2.28. The first-order valence-electron chi connectivity index (χ1n) is 7.14. The topological polar surface area (TPSA) is 49.3 Å². The third-order valence-corrected chi connectivity index (χ3v) is 5.28. The van der Waals surface area contributed by atoms with Gasteiger partial charge in [-0.05, 0) is 36.3 Å². The molecule has 1 aromatic carbocycles. The molecule has 1 aromatic rings. The third-order valence-electron chi connectivity index (χ3n) is 3.81. The van der Waals surface area contributed by atoms with E-state index in [1.54, 1.807) is 11.8 Å². The highest BCUT2D eigenvalue weighted by atomic mass is 35.5. The van der Waals surface area contributed by atoms with Crippen LogP contribution < -0.4 is 5.32 Å². The Bertz CT molecular complexity index is 513. The molecule has 1 fully saturated rings. The standard InChI is InChI=1S/C16H22ClNO2S/c1-15(2,9-12-4-3-5-13(17)8-12)14(19)18-10-16(20)6-7-21-11-16/h3-5,8,20H,6-7,9-11H2,1-2H3,(H,18,19). The molecule has 2 rings (SSSR count). The highest BCUT2D eigenvalue weighted by Gasteiger charge is 2.34. The van der Waals surface area contributed by atoms with E-state index in [1.807, 2.05) is 38.1 Å². The second kappa shape index (κ2) is 6.59. The molecule has 1 aliphatic heterocycles. The molecule has 3 nitrogen and oxygen atoms in total. The Kier molecular flexibility index (Phi) is 5.23. The Labute approximate surface area is 135 Å². The van der Waals surface area contributed by atoms with Gasteiger partial charge in [-0.25, -0.2) is 0 Å². The van der Waals surface area contributed by atoms with Crippen molar-refractivity contribution < 1.29 is 9.90 Å². The summed E-state index contributed by atoms with van der Waals surface area (Å²) in [5, 5.41) is 13.9. The zero-order valence-electron chi connectivity index (χ0n) is 12.5. The monoisotopic (exact) mass is 327 g/mol. The van der Waals surface area contributed by atoms with Gasteiger partial charge in [0.25, 0.3) is 0 Å². The molecule has 0 saturated carbocycles. The van der Waals surface area contributed by atoms with Crippen LogP contribution in [0.25, 0.3) is 0 Å². The summed E-state index contributed by atoms with van der Waals surface area (Å²) in [6, 6.07) is 7.58. The van der Waals surface area contributed by atoms with E-state index >= 15 is 0 Å². The van der Waals surface area contributed by atoms with Crippen LogP contribution in [-0.4, -0.2) is 34.7 Å². The number of carbonyl (C=O) groups excluding carboxylic acids is 1. The number of nitrogens with one attached hydrogen (secondary N) is 1. The molecule has 1 heterocycles. The summed E-state index contributed by atoms with van der Waals surface area (Å²) in [7, 11) is 0. The first-order chi connectivity index (χ1) is 9.81. The fourth-order valence-corrected chi connectivity index (χ4v) is 3.97. The number of amides is 1. The lowest BCUT2D eigenvalue weighted by Gasteiger charge is -2.27. The molecule has 1 amide bonds. The lowest BCUT2D eigenvalue weighted by atomic mass is 9.84. The van der Waals surface area contributed by atoms with Crippen LogP contribution in [0.4, 0.5) is 0 Å². The van der Waals surface area contributed by atoms with Gasteiger partial charge in [-0.1, -0.05) is 37.6 Å². The third kappa shape index (κ3) is 4.63. The van der Waals surface area contributed by atoms with Crippen LogP contribution in [0.5, 0.6) is 0 Å². The van der Waals surface area contributed by atoms with E-state index in [2.05, 4.69) is 5.32 Å². The SMILES string of the molecule is CC(C)(Cc1cccc(Cl)c1)C(=O)NCC1(O)CCSC1. The first kappa shape index (κ1) is 16.7. The Morgan fingerprint density at radius 2 is 2.29 bits per heavy atom. The number of benzene rings is 1. The number of hydrogen-bond donors (Lipinski definition) is 2. The van der Waals surface area contributed by atoms with Crippen LogP contribution in [0.1, 0.15) is 25.8 Å². The van der Waals surface area contributed by atoms with Crippen molar-refractivity contribution in [3.05, 3.63) is 34.9 Å². The van der Waals surface area contributed by atoms with Crippen molar-refractivity contribution in [3.63, 3.8) is 0 Å². The molecular formula is C16H22ClNO2S. The molecular weight excluding hydrogens is 306 g/mol. The lowest BCUT2D eigenvalue weighted by molar-refractivity contribution is -0.130. The van der Waals surface area contributed by atoms with Crippen LogP contribution in [0.2, 0.25) is 5.02 Å². The minimum absolute atomic E-state index is 0.0344. The Hall–Kier alpha value is -0.710. The lowest BCUT2D eigenvalue weighted by Crippen LogP contribution is -2.47. The van der Waals surface area contributed by atoms with E-state index in [9.17, 15) is 9.90 Å². The van der Waals surface area contributed by atoms with E-state index < -0.39 is 11.0 Å². The zero-order chi connectivity index (χ0) is 15.5. The average Bonchev–Trinajstić information content (AvgIpc) is 2.83. The fourth-order valence-electron chi connectivity index (χ4n) is 2.46. The number of thioether (sulfide) groups is 1. The van der Waals surface area contributed by atoms with Crippen molar-refractivity contribution in [2.75, 3.05) is 18.1 Å². The predicted octanol–water partition coefficient (Wildman–Crippen LogP) is 2.89. The van der Waals surface area contributed by atoms with Crippen molar-refractivity contribution in [2.45, 2.75) is 32.3 Å². The van der Waals surface area contributed by atoms with E-state index in [0.29, 0.717) is 23.7 Å². The van der Waals surface area contributed by atoms with Gasteiger partial charge in [0.1, 0.15) is 0 Å². The van der Waals surface area contributed by atoms with Gasteiger partial charge in [-0.3, -0.25) is 4.79 Å². The Morgan fingerprint density at radius 3 is 2.90 bits per heavy atom. The maximum absolute atomic E-state index is 12.4. The molecule has 0 aliphatic carbocycles. The van der Waals surface area contributed by atoms with Crippen LogP contribution in [0.3, 0.4) is 0 Å². The van der Waals surface area contributed by atoms with Crippen molar-refractivity contribution in [1.82, 2.24) is 5.32 Å². The van der Waals surface area contributed by atoms with Crippen LogP contribution >= 0.6 is 23.4 Å². The van der Waals surface area contributed by atoms with Gasteiger partial charge in [0.05, 0.1) is 5.60 Å². The normalized spacial score (nSPS) is 22.3. The van der Waals surface area contributed by atoms with Gasteiger partial charge in [0.15, 0.2) is 0 Å². The molecule has 0 spiro atoms. The van der Waals surface area contributed by atoms with E-state index in [0.717, 1.165) is 17.7 Å². The Morgan fingerprint density at radius 1 is 1.52 bits per heavy atom. The van der Waals surface area contributed by atoms with E-state index in [1.165, 1.54) is 0 Å². The molecule has 0 radical (unpaired) electrons. The van der Waals surface area contributed by atoms with Gasteiger partial charge < -0.3 is 10.4 Å². The van der Waals surface area contributed by atoms with Crippen molar-refractivity contribution in [3.8, 4) is 0 Å². The number of aliphatic hydroxyl groups is 1. The summed E-state index contributed by atoms with van der Waals surface area (Å²) in [6.45, 7) is 4.16. The van der Waals surface area contributed by atoms with Gasteiger partial charge >= 0.3 is 0 Å². The van der Waals surface area contributed by atoms with Crippen molar-refractivity contribution in [1.29, 1.82) is 0 Å². The molecule has 1 aliphatic rings. The minimum Gasteiger partial charge on any atom is -0.387 e. The fraction of sp³-hybridized carbons (Fsp3) is 0.562. The number of hydrogen-bond acceptors (Lipinski definition) is 3. The molecule has 2 N–H and O–H groups in total. The molecule has 0 aromatic heterocycles. The summed E-state index contributed by atoms with van der Waals surface area (Å²) in [5.41, 5.74) is -0.239. The maximum Gasteiger partial charge on any atom is 0.226 e. The van der Waals surface area contributed by atoms with Crippen LogP contribution in [-0.2, 0) is 11.2 Å². The molecule has 0 bridgehead atoms. The second-order valence-electron chi connectivity index (χ2n) is 6.40. The number of rotatable bonds is 5. The van der Waals surface area contributed by atoms with Crippen LogP contribution in [0.15, 0.2) is 24.3 Å². The minimum atomic E-state index is -0.744. The Balaban J connectivity index is 1.93. The summed E-state index contributed by atoms with van der Waals surface area (Å²) in [4.78, 5) is 12.4. The quantitative estimate of drug-likeness (QED) is 0.874. The van der Waals surface area contributed by atoms with Gasteiger partial charge in [0.2, 0.25) is 5.91 Å². The molecule has 116 valence electrons. The van der Waals surface area contributed by atoms with Gasteiger partial charge in [-0.2, -0.15) is 11.8 Å². The van der Waals surface area contributed by atoms with Crippen molar-refractivity contribution in [2.24, 2.45) is 5.41 Å². The molecule has 1 unspecified atom stereocenters. The predicted molar refractivity (Wildman–Crippen MR) is 88.8 cm³/mol. The summed E-state index contributed by atoms with van der Waals surface area (Å²) >= 11 is 7.71. The average molecular weight is 328 g/mol. The summed E-state index contributed by atoms with van der Waals surface area (Å²) in [5.74, 6) is 1.62. The number of halogens is 1. The van der Waals surface area contributed by atoms with Crippen molar-refractivity contribution >= 4 is 29.3 Å². The van der Waals surface area contributed by atoms with Crippen LogP contribution in [0, 0.1) is 5.41 Å². The zero-order valence-corrected chi connectivity index (χ0v) is 14.1. The summed E-state index contributed by atoms with van der Waals surface area (Å²) < 4.78 is 0. The van der Waals surface area contributed by atoms with E-state index in [4.69, 9.17) is 11.6 Å².